The van der Waals surface area contributed by atoms with Crippen LogP contribution in [0.1, 0.15) is 0 Å². The molecule has 0 aliphatic heterocycles. The summed E-state index contributed by atoms with van der Waals surface area (Å²) in [5, 5.41) is 15.8. The molecule has 0 saturated carbocycles. The molecule has 10 heteroatoms. The smallest absolute Gasteiger partial charge is 0.286 e. The van der Waals surface area contributed by atoms with E-state index in [0.717, 1.165) is 11.3 Å². The zero-order valence-corrected chi connectivity index (χ0v) is 17.4. The highest BCUT2D eigenvalue weighted by Gasteiger charge is 2.19. The van der Waals surface area contributed by atoms with Gasteiger partial charge >= 0.3 is 5.56 Å². The van der Waals surface area contributed by atoms with Gasteiger partial charge < -0.3 is 0 Å². The Balaban J connectivity index is 1.62. The normalized spacial score (nSPS) is 11.4. The molecule has 31 heavy (non-hydrogen) atoms. The number of H-pyrrole nitrogens is 1. The van der Waals surface area contributed by atoms with Crippen LogP contribution >= 0.6 is 22.7 Å². The summed E-state index contributed by atoms with van der Waals surface area (Å²) in [6.07, 6.45) is 1.61. The zero-order chi connectivity index (χ0) is 21.2. The lowest BCUT2D eigenvalue weighted by molar-refractivity contribution is 0.628. The summed E-state index contributed by atoms with van der Waals surface area (Å²) in [6.45, 7) is 0. The maximum absolute atomic E-state index is 13.4. The lowest BCUT2D eigenvalue weighted by atomic mass is 10.1. The summed E-state index contributed by atoms with van der Waals surface area (Å²) >= 11 is 2.63. The minimum atomic E-state index is -0.409. The summed E-state index contributed by atoms with van der Waals surface area (Å²) in [5.41, 5.74) is 2.42. The summed E-state index contributed by atoms with van der Waals surface area (Å²) in [6, 6.07) is 15.5. The predicted octanol–water partition coefficient (Wildman–Crippen LogP) is 5.97. The average molecular weight is 449 g/mol. The monoisotopic (exact) mass is 448 g/mol. The van der Waals surface area contributed by atoms with Gasteiger partial charge in [-0.05, 0) is 24.3 Å². The molecule has 0 radical (unpaired) electrons. The van der Waals surface area contributed by atoms with Crippen LogP contribution in [-0.4, -0.2) is 19.7 Å². The van der Waals surface area contributed by atoms with Gasteiger partial charge in [0.15, 0.2) is 5.69 Å². The third-order valence-electron chi connectivity index (χ3n) is 4.41. The molecule has 5 aromatic rings. The molecule has 5 rings (SSSR count). The van der Waals surface area contributed by atoms with Crippen molar-refractivity contribution in [2.75, 3.05) is 0 Å². The number of hydrogen-bond donors (Lipinski definition) is 1. The molecule has 0 aliphatic rings. The topological polar surface area (TPSA) is 88.3 Å². The molecule has 0 bridgehead atoms. The van der Waals surface area contributed by atoms with E-state index in [0.29, 0.717) is 21.5 Å². The molecule has 0 atom stereocenters. The molecule has 7 nitrogen and oxygen atoms in total. The van der Waals surface area contributed by atoms with Crippen LogP contribution in [0.4, 0.5) is 15.2 Å². The molecule has 0 saturated heterocycles. The molecule has 1 N–H and O–H groups in total. The molecule has 0 fully saturated rings. The molecule has 152 valence electrons. The summed E-state index contributed by atoms with van der Waals surface area (Å²) in [5.74, 6) is -0.371. The van der Waals surface area contributed by atoms with E-state index < -0.39 is 5.56 Å². The SMILES string of the molecule is O=c1c(N=Nc2nccs2)c(-c2ccc(F)cc2)[nH]n1-c1nc(-c2ccccc2)cs1. The van der Waals surface area contributed by atoms with E-state index in [4.69, 9.17) is 0 Å². The van der Waals surface area contributed by atoms with Crippen LogP contribution in [0.5, 0.6) is 0 Å². The third kappa shape index (κ3) is 3.86. The first-order valence-corrected chi connectivity index (χ1v) is 10.9. The second-order valence-corrected chi connectivity index (χ2v) is 8.09. The van der Waals surface area contributed by atoms with Crippen LogP contribution in [0.3, 0.4) is 0 Å². The van der Waals surface area contributed by atoms with Gasteiger partial charge in [0.05, 0.1) is 11.4 Å². The van der Waals surface area contributed by atoms with Crippen molar-refractivity contribution in [3.63, 3.8) is 0 Å². The molecule has 3 aromatic heterocycles. The number of rotatable bonds is 5. The van der Waals surface area contributed by atoms with Crippen molar-refractivity contribution in [2.45, 2.75) is 0 Å². The van der Waals surface area contributed by atoms with Crippen LogP contribution in [0.25, 0.3) is 27.6 Å². The van der Waals surface area contributed by atoms with E-state index >= 15 is 0 Å². The van der Waals surface area contributed by atoms with Crippen LogP contribution in [0.15, 0.2) is 86.6 Å². The van der Waals surface area contributed by atoms with Gasteiger partial charge in [0.25, 0.3) is 0 Å². The second-order valence-electron chi connectivity index (χ2n) is 6.38. The highest BCUT2D eigenvalue weighted by atomic mass is 32.1. The minimum Gasteiger partial charge on any atom is -0.286 e. The number of thiazole rings is 2. The number of hydrogen-bond acceptors (Lipinski definition) is 7. The Morgan fingerprint density at radius 2 is 1.77 bits per heavy atom. The Morgan fingerprint density at radius 3 is 2.52 bits per heavy atom. The largest absolute Gasteiger partial charge is 0.301 e. The van der Waals surface area contributed by atoms with Gasteiger partial charge in [-0.15, -0.1) is 32.9 Å². The fraction of sp³-hybridized carbons (Fsp3) is 0. The number of halogens is 1. The van der Waals surface area contributed by atoms with Gasteiger partial charge in [-0.25, -0.2) is 14.4 Å². The van der Waals surface area contributed by atoms with Gasteiger partial charge in [-0.3, -0.25) is 9.89 Å². The molecule has 0 aliphatic carbocycles. The van der Waals surface area contributed by atoms with Crippen molar-refractivity contribution in [3.05, 3.63) is 87.7 Å². The number of nitrogens with zero attached hydrogens (tertiary/aromatic N) is 5. The molecule has 0 amide bonds. The number of benzene rings is 2. The van der Waals surface area contributed by atoms with Crippen LogP contribution in [0.2, 0.25) is 0 Å². The van der Waals surface area contributed by atoms with Gasteiger partial charge in [0.2, 0.25) is 10.3 Å². The minimum absolute atomic E-state index is 0.0956. The summed E-state index contributed by atoms with van der Waals surface area (Å²) in [4.78, 5) is 21.8. The maximum Gasteiger partial charge on any atom is 0.301 e. The number of aromatic amines is 1. The Hall–Kier alpha value is -3.76. The Labute approximate surface area is 183 Å². The first kappa shape index (κ1) is 19.2. The summed E-state index contributed by atoms with van der Waals surface area (Å²) < 4.78 is 14.7. The highest BCUT2D eigenvalue weighted by molar-refractivity contribution is 7.13. The Bertz CT molecular complexity index is 1400. The molecule has 3 heterocycles. The van der Waals surface area contributed by atoms with Gasteiger partial charge in [-0.2, -0.15) is 4.68 Å². The fourth-order valence-electron chi connectivity index (χ4n) is 2.94. The van der Waals surface area contributed by atoms with Gasteiger partial charge in [0, 0.05) is 28.1 Å². The first-order chi connectivity index (χ1) is 15.2. The molecular weight excluding hydrogens is 435 g/mol. The average Bonchev–Trinajstić information content (AvgIpc) is 3.54. The fourth-order valence-corrected chi connectivity index (χ4v) is 4.18. The number of aromatic nitrogens is 4. The third-order valence-corrected chi connectivity index (χ3v) is 5.89. The predicted molar refractivity (Wildman–Crippen MR) is 119 cm³/mol. The van der Waals surface area contributed by atoms with E-state index in [-0.39, 0.29) is 11.5 Å². The van der Waals surface area contributed by atoms with Crippen molar-refractivity contribution in [2.24, 2.45) is 10.2 Å². The van der Waals surface area contributed by atoms with Crippen molar-refractivity contribution in [1.29, 1.82) is 0 Å². The van der Waals surface area contributed by atoms with E-state index in [2.05, 4.69) is 25.3 Å². The van der Waals surface area contributed by atoms with Gasteiger partial charge in [0.1, 0.15) is 5.82 Å². The van der Waals surface area contributed by atoms with Crippen molar-refractivity contribution in [3.8, 4) is 27.6 Å². The highest BCUT2D eigenvalue weighted by Crippen LogP contribution is 2.30. The standard InChI is InChI=1S/C21H13FN6OS2/c22-15-8-6-14(7-9-15)17-18(25-26-20-23-10-11-30-20)19(29)28(27-17)21-24-16(12-31-21)13-4-2-1-3-5-13/h1-12,27H. The van der Waals surface area contributed by atoms with Crippen molar-refractivity contribution in [1.82, 2.24) is 19.7 Å². The molecule has 0 spiro atoms. The first-order valence-electron chi connectivity index (χ1n) is 9.12. The van der Waals surface area contributed by atoms with E-state index in [1.54, 1.807) is 23.7 Å². The molecule has 0 unspecified atom stereocenters. The lowest BCUT2D eigenvalue weighted by Gasteiger charge is -1.99. The van der Waals surface area contributed by atoms with E-state index in [9.17, 15) is 9.18 Å². The van der Waals surface area contributed by atoms with Crippen LogP contribution in [0, 0.1) is 5.82 Å². The van der Waals surface area contributed by atoms with E-state index in [1.165, 1.54) is 39.5 Å². The molecule has 2 aromatic carbocycles. The summed E-state index contributed by atoms with van der Waals surface area (Å²) in [7, 11) is 0. The lowest BCUT2D eigenvalue weighted by Crippen LogP contribution is -2.13. The second kappa shape index (κ2) is 8.17. The van der Waals surface area contributed by atoms with Crippen molar-refractivity contribution < 1.29 is 4.39 Å². The number of nitrogens with one attached hydrogen (secondary N) is 1. The maximum atomic E-state index is 13.4. The Kier molecular flexibility index (Phi) is 5.06. The van der Waals surface area contributed by atoms with Gasteiger partial charge in [-0.1, -0.05) is 30.3 Å². The van der Waals surface area contributed by atoms with Crippen LogP contribution in [-0.2, 0) is 0 Å². The Morgan fingerprint density at radius 1 is 0.968 bits per heavy atom. The van der Waals surface area contributed by atoms with Crippen LogP contribution < -0.4 is 5.56 Å². The van der Waals surface area contributed by atoms with E-state index in [1.807, 2.05) is 35.7 Å². The number of azo groups is 1. The zero-order valence-electron chi connectivity index (χ0n) is 15.8. The van der Waals surface area contributed by atoms with Crippen molar-refractivity contribution >= 4 is 33.5 Å². The quantitative estimate of drug-likeness (QED) is 0.336. The molecular formula is C21H13FN6OS2.